The van der Waals surface area contributed by atoms with Gasteiger partial charge in [0, 0.05) is 111 Å². The minimum atomic E-state index is -2.37. The summed E-state index contributed by atoms with van der Waals surface area (Å²) in [7, 11) is 0. The van der Waals surface area contributed by atoms with Gasteiger partial charge in [0.05, 0.1) is 86.1 Å². The quantitative estimate of drug-likeness (QED) is 0.00267. The van der Waals surface area contributed by atoms with Crippen molar-refractivity contribution in [1.29, 1.82) is 10.5 Å². The Hall–Kier alpha value is -13.7. The third kappa shape index (κ3) is 31.9. The molecule has 0 spiro atoms. The lowest BCUT2D eigenvalue weighted by molar-refractivity contribution is 0.0410. The summed E-state index contributed by atoms with van der Waals surface area (Å²) in [4.78, 5) is 90.2. The number of ether oxygens (including phenoxy) is 7. The second-order valence-electron chi connectivity index (χ2n) is 29.0. The van der Waals surface area contributed by atoms with Crippen LogP contribution in [0.25, 0.3) is 38.6 Å². The van der Waals surface area contributed by atoms with Crippen LogP contribution in [0.5, 0.6) is 23.0 Å². The first-order valence-corrected chi connectivity index (χ1v) is 40.2. The van der Waals surface area contributed by atoms with Crippen LogP contribution in [0, 0.1) is 58.3 Å². The molecule has 707 valence electrons. The standard InChI is InChI=1S/C29H34N4O6.C27H28N4O5.C18H25N3O4.C17H10F5NO3.5CH4.B/c1-4-38-29(37)27-32-25(18-33(27)12-14-35)21-7-5-20(6-8-21)15-24(11-13-34)31-28(36)22-9-10-26(39-19(2)3)23(16-22)17-30;1-17(2)36-24-8-7-20(14-21(24)15-28)26(33)29-22(9-11-32)13-18-3-5-19(6-4-18)23-16-31-10-12-35-27(34)25(31)30-23;1-2-25-18(24)17-20-16(12-21(17)8-10-23)14-5-3-13(4-6-14)11-15(19)7-9-22;1-7(2)25-10-5-4-8(6-9(10)23-3)17(24)26-16-14(21)12(19)11(18)13(20)15(16)22;;;;;;/h5-10,16,18-19,24,34-35H,4,11-15H2,1-3H3,(H,31,36);3-8,14,16-17,22,32H,9-13H2,1-2H3,(H,29,33);3-6,12,15,22-23H,2,7-11,19H2,1H3;4-7H,1-2H3;5*1H4;. The molecule has 2 amide bonds. The SMILES string of the molecule is C.C.C.C.C.CC(C)Oc1ccc(C(=O)NC(CCO)Cc2ccc(-c3cn4c(n3)C(=O)OCC4)cc2)cc1C#N.CCOC(=O)c1nc(-c2ccc(CC(CCO)NC(=O)c3ccc(OC(C)C)c(C#N)c3)cc2)cn1CCO.CCOC(=O)c1nc(-c2ccc(CC(N)CCO)cc2)cn1CCO.[B].[C-]#[N+]c1cc(C(=O)Oc2c(F)c(F)c(F)c(F)c2F)ccc1OC(C)C. The first kappa shape index (κ1) is 114. The molecule has 3 aromatic heterocycles. The van der Waals surface area contributed by atoms with Crippen LogP contribution in [0.15, 0.2) is 146 Å². The number of imidazole rings is 3. The number of cyclic esters (lactones) is 1. The van der Waals surface area contributed by atoms with Crippen LogP contribution >= 0.6 is 0 Å². The molecule has 36 heteroatoms. The second kappa shape index (κ2) is 56.0. The highest BCUT2D eigenvalue weighted by molar-refractivity contribution is 5.96. The molecule has 4 heterocycles. The van der Waals surface area contributed by atoms with Crippen molar-refractivity contribution >= 4 is 49.8 Å². The number of esters is 4. The molecule has 3 radical (unpaired) electrons. The number of amides is 2. The number of halogens is 5. The Kier molecular flexibility index (Phi) is 48.6. The molecule has 132 heavy (non-hydrogen) atoms. The van der Waals surface area contributed by atoms with Crippen molar-refractivity contribution in [2.45, 2.75) is 187 Å². The Labute approximate surface area is 768 Å². The van der Waals surface area contributed by atoms with E-state index in [4.69, 9.17) is 50.9 Å². The largest absolute Gasteiger partial charge is 0.502 e. The Morgan fingerprint density at radius 1 is 0.515 bits per heavy atom. The molecule has 0 aliphatic carbocycles. The minimum absolute atomic E-state index is 0. The lowest BCUT2D eigenvalue weighted by atomic mass is 10.0. The number of aliphatic hydroxyl groups excluding tert-OH is 5. The number of aliphatic hydroxyl groups is 5. The number of nitriles is 2. The summed E-state index contributed by atoms with van der Waals surface area (Å²) in [6.07, 6.45) is 7.77. The van der Waals surface area contributed by atoms with Crippen LogP contribution in [0.1, 0.15) is 203 Å². The molecule has 0 bridgehead atoms. The van der Waals surface area contributed by atoms with E-state index in [0.29, 0.717) is 103 Å². The van der Waals surface area contributed by atoms with Gasteiger partial charge < -0.3 is 88.8 Å². The number of fused-ring (bicyclic) bond motifs is 1. The van der Waals surface area contributed by atoms with E-state index in [1.165, 1.54) is 18.2 Å². The number of carbonyl (C=O) groups is 6. The summed E-state index contributed by atoms with van der Waals surface area (Å²) in [5, 5.41) is 71.3. The maximum atomic E-state index is 13.6. The molecule has 11 rings (SSSR count). The van der Waals surface area contributed by atoms with Gasteiger partial charge >= 0.3 is 23.9 Å². The van der Waals surface area contributed by atoms with E-state index >= 15 is 0 Å². The zero-order valence-electron chi connectivity index (χ0n) is 71.0. The molecule has 1 aliphatic rings. The Morgan fingerprint density at radius 2 is 0.894 bits per heavy atom. The number of nitrogens with zero attached hydrogens (tertiary/aromatic N) is 9. The molecule has 3 atom stereocenters. The van der Waals surface area contributed by atoms with Crippen LogP contribution in [0.3, 0.4) is 0 Å². The Morgan fingerprint density at radius 3 is 1.27 bits per heavy atom. The van der Waals surface area contributed by atoms with E-state index in [1.807, 2.05) is 107 Å². The van der Waals surface area contributed by atoms with Gasteiger partial charge in [0.1, 0.15) is 36.0 Å². The van der Waals surface area contributed by atoms with Gasteiger partial charge in [0.2, 0.25) is 58.0 Å². The number of carbonyl (C=O) groups excluding carboxylic acids is 6. The molecule has 1 aliphatic heterocycles. The number of aromatic nitrogens is 6. The van der Waals surface area contributed by atoms with Gasteiger partial charge in [-0.25, -0.2) is 52.1 Å². The summed E-state index contributed by atoms with van der Waals surface area (Å²) in [6, 6.07) is 39.3. The van der Waals surface area contributed by atoms with Gasteiger partial charge in [-0.05, 0) is 165 Å². The average Bonchev–Trinajstić information content (AvgIpc) is 1.46. The van der Waals surface area contributed by atoms with Gasteiger partial charge in [-0.2, -0.15) is 19.3 Å². The predicted molar refractivity (Wildman–Crippen MR) is 489 cm³/mol. The molecule has 7 aromatic carbocycles. The molecule has 9 N–H and O–H groups in total. The maximum absolute atomic E-state index is 13.6. The van der Waals surface area contributed by atoms with Crippen LogP contribution in [0.2, 0.25) is 0 Å². The van der Waals surface area contributed by atoms with Gasteiger partial charge in [0.25, 0.3) is 11.8 Å². The second-order valence-corrected chi connectivity index (χ2v) is 29.0. The van der Waals surface area contributed by atoms with Crippen LogP contribution in [-0.2, 0) is 53.1 Å². The monoisotopic (exact) mass is 1830 g/mol. The Balaban J connectivity index is 0.000000596. The van der Waals surface area contributed by atoms with Crippen molar-refractivity contribution < 1.29 is 109 Å². The summed E-state index contributed by atoms with van der Waals surface area (Å²) >= 11 is 0. The number of nitrogens with one attached hydrogen (secondary N) is 2. The number of nitrogens with two attached hydrogens (primary N) is 1. The molecule has 0 fully saturated rings. The number of benzene rings is 7. The van der Waals surface area contributed by atoms with Gasteiger partial charge in [-0.1, -0.05) is 110 Å². The van der Waals surface area contributed by atoms with E-state index in [-0.39, 0.29) is 187 Å². The van der Waals surface area contributed by atoms with Crippen LogP contribution in [-0.4, -0.2) is 188 Å². The topological polar surface area (TPSA) is 424 Å². The third-order valence-electron chi connectivity index (χ3n) is 18.5. The normalized spacial score (nSPS) is 11.5. The number of hydrogen-bond acceptors (Lipinski definition) is 24. The first-order chi connectivity index (χ1) is 60.4. The third-order valence-corrected chi connectivity index (χ3v) is 18.5. The average molecular weight is 1830 g/mol. The molecule has 3 unspecified atom stereocenters. The highest BCUT2D eigenvalue weighted by Gasteiger charge is 2.31. The first-order valence-electron chi connectivity index (χ1n) is 40.2. The molecule has 30 nitrogen and oxygen atoms in total. The molecule has 0 saturated heterocycles. The van der Waals surface area contributed by atoms with Crippen molar-refractivity contribution in [3.8, 4) is 68.9 Å². The van der Waals surface area contributed by atoms with Gasteiger partial charge in [0.15, 0.2) is 0 Å². The van der Waals surface area contributed by atoms with Gasteiger partial charge in [-0.3, -0.25) is 9.59 Å². The fraction of sp³-hybridized carbons (Fsp3) is 0.375. The van der Waals surface area contributed by atoms with Crippen molar-refractivity contribution in [1.82, 2.24) is 39.3 Å². The van der Waals surface area contributed by atoms with Gasteiger partial charge in [-0.15, -0.1) is 0 Å². The molecule has 10 aromatic rings. The highest BCUT2D eigenvalue weighted by atomic mass is 19.2. The molecular formula is C96H117BF5N12O18. The van der Waals surface area contributed by atoms with Crippen LogP contribution in [0.4, 0.5) is 27.6 Å². The van der Waals surface area contributed by atoms with E-state index in [0.717, 1.165) is 45.5 Å². The predicted octanol–water partition coefficient (Wildman–Crippen LogP) is 14.9. The number of hydrogen-bond donors (Lipinski definition) is 8. The summed E-state index contributed by atoms with van der Waals surface area (Å²) in [5.74, 6) is -15.1. The summed E-state index contributed by atoms with van der Waals surface area (Å²) in [5.41, 5.74) is 14.1. The van der Waals surface area contributed by atoms with Crippen molar-refractivity contribution in [3.05, 3.63) is 248 Å². The number of rotatable bonds is 35. The van der Waals surface area contributed by atoms with Crippen molar-refractivity contribution in [2.24, 2.45) is 5.73 Å². The Bertz CT molecular complexity index is 5530. The van der Waals surface area contributed by atoms with Crippen molar-refractivity contribution in [3.63, 3.8) is 0 Å². The summed E-state index contributed by atoms with van der Waals surface area (Å²) in [6.45, 7) is 22.9. The highest BCUT2D eigenvalue weighted by Crippen LogP contribution is 2.34. The molecule has 0 saturated carbocycles. The zero-order chi connectivity index (χ0) is 91.8. The maximum Gasteiger partial charge on any atom is 0.374 e. The van der Waals surface area contributed by atoms with E-state index in [1.54, 1.807) is 78.1 Å². The molecular weight excluding hydrogens is 1710 g/mol. The van der Waals surface area contributed by atoms with E-state index in [2.05, 4.69) is 47.3 Å². The fourth-order valence-corrected chi connectivity index (χ4v) is 12.6. The smallest absolute Gasteiger partial charge is 0.374 e. The minimum Gasteiger partial charge on any atom is -0.502 e. The van der Waals surface area contributed by atoms with E-state index < -0.39 is 58.7 Å². The van der Waals surface area contributed by atoms with E-state index in [9.17, 15) is 76.6 Å². The zero-order valence-corrected chi connectivity index (χ0v) is 71.0. The fourth-order valence-electron chi connectivity index (χ4n) is 12.6. The van der Waals surface area contributed by atoms with Crippen molar-refractivity contribution in [2.75, 3.05) is 52.9 Å². The lowest BCUT2D eigenvalue weighted by Crippen LogP contribution is -2.37. The lowest BCUT2D eigenvalue weighted by Gasteiger charge is -2.19. The van der Waals surface area contributed by atoms with Crippen LogP contribution < -0.4 is 35.3 Å². The summed E-state index contributed by atoms with van der Waals surface area (Å²) < 4.78 is 107.